The lowest BCUT2D eigenvalue weighted by Crippen LogP contribution is -2.28. The van der Waals surface area contributed by atoms with Crippen molar-refractivity contribution < 1.29 is 4.79 Å². The number of carbonyl (C=O) groups excluding carboxylic acids is 1. The highest BCUT2D eigenvalue weighted by molar-refractivity contribution is 5.95. The van der Waals surface area contributed by atoms with Gasteiger partial charge in [-0.3, -0.25) is 19.5 Å². The van der Waals surface area contributed by atoms with Gasteiger partial charge >= 0.3 is 0 Å². The maximum atomic E-state index is 13.5. The van der Waals surface area contributed by atoms with Gasteiger partial charge in [0.2, 0.25) is 17.7 Å². The van der Waals surface area contributed by atoms with E-state index >= 15 is 0 Å². The van der Waals surface area contributed by atoms with Crippen molar-refractivity contribution >= 4 is 11.9 Å². The number of nitrogens with one attached hydrogen (secondary N) is 2. The minimum atomic E-state index is -0.579. The average molecular weight is 456 g/mol. The lowest BCUT2D eigenvalue weighted by Gasteiger charge is -2.14. The minimum Gasteiger partial charge on any atom is -0.294 e. The van der Waals surface area contributed by atoms with E-state index in [1.165, 1.54) is 4.57 Å². The van der Waals surface area contributed by atoms with E-state index in [0.29, 0.717) is 30.2 Å². The first-order valence-corrected chi connectivity index (χ1v) is 11.4. The molecule has 9 heteroatoms. The van der Waals surface area contributed by atoms with Crippen LogP contribution in [0.3, 0.4) is 0 Å². The number of carbonyl (C=O) groups is 1. The van der Waals surface area contributed by atoms with Crippen molar-refractivity contribution in [1.29, 1.82) is 0 Å². The molecule has 2 aromatic heterocycles. The van der Waals surface area contributed by atoms with Crippen LogP contribution < -0.4 is 10.9 Å². The third-order valence-corrected chi connectivity index (χ3v) is 6.20. The molecule has 0 bridgehead atoms. The molecule has 1 atom stereocenters. The molecular formula is C25H25N7O2. The van der Waals surface area contributed by atoms with E-state index in [2.05, 4.69) is 37.8 Å². The van der Waals surface area contributed by atoms with E-state index in [0.717, 1.165) is 40.8 Å². The van der Waals surface area contributed by atoms with E-state index in [1.54, 1.807) is 6.92 Å². The third-order valence-electron chi connectivity index (χ3n) is 6.20. The van der Waals surface area contributed by atoms with Crippen LogP contribution in [0.2, 0.25) is 0 Å². The van der Waals surface area contributed by atoms with Crippen LogP contribution in [-0.4, -0.2) is 36.1 Å². The number of H-pyrrole nitrogens is 1. The molecule has 1 aliphatic heterocycles. The summed E-state index contributed by atoms with van der Waals surface area (Å²) in [7, 11) is 0. The molecule has 0 saturated carbocycles. The number of anilines is 1. The Bertz CT molecular complexity index is 1400. The van der Waals surface area contributed by atoms with Gasteiger partial charge in [-0.05, 0) is 47.7 Å². The Morgan fingerprint density at radius 2 is 1.88 bits per heavy atom. The highest BCUT2D eigenvalue weighted by atomic mass is 16.2. The van der Waals surface area contributed by atoms with Crippen molar-refractivity contribution in [1.82, 2.24) is 30.2 Å². The average Bonchev–Trinajstić information content (AvgIpc) is 3.49. The summed E-state index contributed by atoms with van der Waals surface area (Å²) in [5.41, 5.74) is 4.95. The molecule has 0 saturated heterocycles. The molecule has 34 heavy (non-hydrogen) atoms. The molecule has 5 rings (SSSR count). The Morgan fingerprint density at radius 3 is 2.62 bits per heavy atom. The first-order chi connectivity index (χ1) is 16.6. The number of aromatic amines is 1. The Kier molecular flexibility index (Phi) is 5.75. The lowest BCUT2D eigenvalue weighted by atomic mass is 9.94. The van der Waals surface area contributed by atoms with E-state index in [9.17, 15) is 9.59 Å². The largest absolute Gasteiger partial charge is 0.294 e. The number of tetrazole rings is 1. The molecule has 1 amide bonds. The molecule has 4 aromatic rings. The van der Waals surface area contributed by atoms with E-state index in [4.69, 9.17) is 0 Å². The molecule has 1 aliphatic rings. The summed E-state index contributed by atoms with van der Waals surface area (Å²) >= 11 is 0. The minimum absolute atomic E-state index is 0.171. The van der Waals surface area contributed by atoms with Crippen LogP contribution in [0.4, 0.5) is 5.95 Å². The van der Waals surface area contributed by atoms with Crippen LogP contribution in [0.5, 0.6) is 0 Å². The maximum Gasteiger partial charge on any atom is 0.259 e. The first kappa shape index (κ1) is 21.7. The van der Waals surface area contributed by atoms with Gasteiger partial charge in [-0.2, -0.15) is 5.21 Å². The fraction of sp³-hybridized carbons (Fsp3) is 0.280. The molecule has 0 aliphatic carbocycles. The fourth-order valence-electron chi connectivity index (χ4n) is 4.36. The summed E-state index contributed by atoms with van der Waals surface area (Å²) in [6, 6.07) is 15.5. The third kappa shape index (κ3) is 3.89. The van der Waals surface area contributed by atoms with Gasteiger partial charge in [0.05, 0.1) is 5.69 Å². The zero-order valence-corrected chi connectivity index (χ0v) is 19.1. The summed E-state index contributed by atoms with van der Waals surface area (Å²) < 4.78 is 1.46. The van der Waals surface area contributed by atoms with E-state index in [1.807, 2.05) is 48.5 Å². The summed E-state index contributed by atoms with van der Waals surface area (Å²) in [5, 5.41) is 17.4. The molecule has 0 spiro atoms. The zero-order valence-electron chi connectivity index (χ0n) is 19.1. The maximum absolute atomic E-state index is 13.5. The Morgan fingerprint density at radius 1 is 1.06 bits per heavy atom. The Labute approximate surface area is 196 Å². The fourth-order valence-corrected chi connectivity index (χ4v) is 4.36. The van der Waals surface area contributed by atoms with Crippen molar-refractivity contribution in [2.24, 2.45) is 0 Å². The molecule has 0 radical (unpaired) electrons. The molecular weight excluding hydrogens is 430 g/mol. The highest BCUT2D eigenvalue weighted by Gasteiger charge is 2.31. The summed E-state index contributed by atoms with van der Waals surface area (Å²) in [6.07, 6.45) is 2.97. The lowest BCUT2D eigenvalue weighted by molar-refractivity contribution is -0.117. The smallest absolute Gasteiger partial charge is 0.259 e. The summed E-state index contributed by atoms with van der Waals surface area (Å²) in [5.74, 6) is 0.609. The van der Waals surface area contributed by atoms with Crippen molar-refractivity contribution in [3.63, 3.8) is 0 Å². The van der Waals surface area contributed by atoms with Gasteiger partial charge in [0.25, 0.3) is 5.56 Å². The number of amides is 1. The number of unbranched alkanes of at least 4 members (excludes halogenated alkanes) is 1. The standard InChI is InChI=1S/C25H25N7O2/c1-3-4-10-21-20(24(34)32-15(2)23(33)27-25(32)26-21)14-16-11-12-18(17-8-6-5-7-9-17)19(13-16)22-28-30-31-29-22/h5-9,11-13,15H,3-4,10,14H2,1-2H3,(H,26,27,33)(H,28,29,30,31). The first-order valence-electron chi connectivity index (χ1n) is 11.4. The quantitative estimate of drug-likeness (QED) is 0.440. The number of fused-ring (bicyclic) bond motifs is 1. The summed E-state index contributed by atoms with van der Waals surface area (Å²) in [6.45, 7) is 3.82. The number of hydrogen-bond donors (Lipinski definition) is 2. The SMILES string of the molecule is CCCCc1nc2n(c(=O)c1Cc1ccc(-c3ccccc3)c(-c3nn[nH]n3)c1)C(C)C(=O)N2. The predicted octanol–water partition coefficient (Wildman–Crippen LogP) is 3.54. The van der Waals surface area contributed by atoms with E-state index in [-0.39, 0.29) is 11.5 Å². The monoisotopic (exact) mass is 455 g/mol. The van der Waals surface area contributed by atoms with Crippen LogP contribution in [0.1, 0.15) is 49.6 Å². The number of nitrogens with zero attached hydrogens (tertiary/aromatic N) is 5. The normalized spacial score (nSPS) is 14.8. The van der Waals surface area contributed by atoms with Gasteiger partial charge in [0, 0.05) is 17.5 Å². The van der Waals surface area contributed by atoms with Crippen LogP contribution in [0.25, 0.3) is 22.5 Å². The van der Waals surface area contributed by atoms with Gasteiger partial charge in [-0.1, -0.05) is 55.8 Å². The van der Waals surface area contributed by atoms with Crippen LogP contribution >= 0.6 is 0 Å². The van der Waals surface area contributed by atoms with Crippen LogP contribution in [-0.2, 0) is 17.6 Å². The molecule has 9 nitrogen and oxygen atoms in total. The molecule has 3 heterocycles. The Hall–Kier alpha value is -4.14. The van der Waals surface area contributed by atoms with Crippen molar-refractivity contribution in [2.75, 3.05) is 5.32 Å². The number of aryl methyl sites for hydroxylation is 1. The molecule has 2 N–H and O–H groups in total. The number of benzene rings is 2. The predicted molar refractivity (Wildman–Crippen MR) is 128 cm³/mol. The highest BCUT2D eigenvalue weighted by Crippen LogP contribution is 2.32. The van der Waals surface area contributed by atoms with Crippen LogP contribution in [0, 0.1) is 0 Å². The van der Waals surface area contributed by atoms with E-state index < -0.39 is 6.04 Å². The van der Waals surface area contributed by atoms with Gasteiger partial charge in [-0.25, -0.2) is 4.98 Å². The molecule has 172 valence electrons. The number of aromatic nitrogens is 6. The van der Waals surface area contributed by atoms with Gasteiger partial charge in [0.1, 0.15) is 6.04 Å². The summed E-state index contributed by atoms with van der Waals surface area (Å²) in [4.78, 5) is 30.4. The van der Waals surface area contributed by atoms with Gasteiger partial charge in [0.15, 0.2) is 0 Å². The molecule has 0 fully saturated rings. The van der Waals surface area contributed by atoms with Crippen LogP contribution in [0.15, 0.2) is 53.3 Å². The number of hydrogen-bond acceptors (Lipinski definition) is 6. The molecule has 2 aromatic carbocycles. The van der Waals surface area contributed by atoms with Gasteiger partial charge < -0.3 is 0 Å². The topological polar surface area (TPSA) is 118 Å². The van der Waals surface area contributed by atoms with Gasteiger partial charge in [-0.15, -0.1) is 10.2 Å². The number of rotatable bonds is 7. The second-order valence-electron chi connectivity index (χ2n) is 8.46. The second-order valence-corrected chi connectivity index (χ2v) is 8.46. The molecule has 1 unspecified atom stereocenters. The zero-order chi connectivity index (χ0) is 23.7. The second kappa shape index (κ2) is 9.01. The van der Waals surface area contributed by atoms with Crippen molar-refractivity contribution in [3.05, 3.63) is 75.7 Å². The van der Waals surface area contributed by atoms with Crippen molar-refractivity contribution in [2.45, 2.75) is 45.6 Å². The van der Waals surface area contributed by atoms with Crippen molar-refractivity contribution in [3.8, 4) is 22.5 Å². The Balaban J connectivity index is 1.60.